The van der Waals surface area contributed by atoms with Crippen molar-refractivity contribution in [1.82, 2.24) is 19.8 Å². The van der Waals surface area contributed by atoms with Crippen LogP contribution in [0.3, 0.4) is 0 Å². The minimum Gasteiger partial charge on any atom is -0.341 e. The lowest BCUT2D eigenvalue weighted by molar-refractivity contribution is -0.127. The van der Waals surface area contributed by atoms with E-state index in [1.807, 2.05) is 6.07 Å². The van der Waals surface area contributed by atoms with Gasteiger partial charge in [-0.2, -0.15) is 0 Å². The van der Waals surface area contributed by atoms with E-state index in [0.29, 0.717) is 33.1 Å². The molecule has 1 aromatic heterocycles. The minimum atomic E-state index is -0.350. The van der Waals surface area contributed by atoms with Crippen molar-refractivity contribution in [2.45, 2.75) is 11.7 Å². The molecule has 3 aromatic rings. The molecular weight excluding hydrogens is 424 g/mol. The summed E-state index contributed by atoms with van der Waals surface area (Å²) in [5.74, 6) is 6.08. The SMILES string of the molecule is CN(Cc1ccc(Cl)c(Cl)c1)C(=O)CSc1nnc(-c2ccc(F)cc2)n1N. The molecule has 0 radical (unpaired) electrons. The van der Waals surface area contributed by atoms with Crippen LogP contribution in [0.1, 0.15) is 5.56 Å². The normalized spacial score (nSPS) is 10.9. The maximum absolute atomic E-state index is 13.1. The Morgan fingerprint density at radius 2 is 1.89 bits per heavy atom. The van der Waals surface area contributed by atoms with Crippen molar-refractivity contribution < 1.29 is 9.18 Å². The van der Waals surface area contributed by atoms with E-state index < -0.39 is 0 Å². The van der Waals surface area contributed by atoms with Gasteiger partial charge in [-0.1, -0.05) is 41.0 Å². The molecule has 2 aromatic carbocycles. The zero-order valence-electron chi connectivity index (χ0n) is 14.8. The van der Waals surface area contributed by atoms with E-state index in [9.17, 15) is 9.18 Å². The summed E-state index contributed by atoms with van der Waals surface area (Å²) in [6.07, 6.45) is 0. The third-order valence-corrected chi connectivity index (χ3v) is 5.59. The lowest BCUT2D eigenvalue weighted by atomic mass is 10.2. The summed E-state index contributed by atoms with van der Waals surface area (Å²) in [6, 6.07) is 11.0. The van der Waals surface area contributed by atoms with Gasteiger partial charge < -0.3 is 10.7 Å². The fraction of sp³-hybridized carbons (Fsp3) is 0.167. The molecule has 1 amide bonds. The number of nitrogens with two attached hydrogens (primary N) is 1. The number of hydrogen-bond acceptors (Lipinski definition) is 5. The average molecular weight is 440 g/mol. The number of aromatic nitrogens is 3. The zero-order chi connectivity index (χ0) is 20.3. The molecule has 2 N–H and O–H groups in total. The van der Waals surface area contributed by atoms with Crippen molar-refractivity contribution in [2.75, 3.05) is 18.6 Å². The van der Waals surface area contributed by atoms with Crippen LogP contribution in [0.15, 0.2) is 47.6 Å². The van der Waals surface area contributed by atoms with E-state index in [2.05, 4.69) is 10.2 Å². The molecule has 0 spiro atoms. The smallest absolute Gasteiger partial charge is 0.233 e. The van der Waals surface area contributed by atoms with Crippen molar-refractivity contribution in [2.24, 2.45) is 0 Å². The molecule has 0 aliphatic carbocycles. The minimum absolute atomic E-state index is 0.109. The topological polar surface area (TPSA) is 77.0 Å². The van der Waals surface area contributed by atoms with E-state index in [1.54, 1.807) is 36.2 Å². The lowest BCUT2D eigenvalue weighted by Crippen LogP contribution is -2.28. The molecule has 0 saturated heterocycles. The van der Waals surface area contributed by atoms with Crippen molar-refractivity contribution >= 4 is 40.9 Å². The molecule has 0 bridgehead atoms. The molecule has 28 heavy (non-hydrogen) atoms. The van der Waals surface area contributed by atoms with Gasteiger partial charge in [-0.15, -0.1) is 10.2 Å². The molecular formula is C18H16Cl2FN5OS. The molecule has 146 valence electrons. The Kier molecular flexibility index (Phi) is 6.43. The first-order valence-corrected chi connectivity index (χ1v) is 9.86. The molecule has 3 rings (SSSR count). The number of benzene rings is 2. The first-order chi connectivity index (χ1) is 13.3. The van der Waals surface area contributed by atoms with Crippen LogP contribution in [0.25, 0.3) is 11.4 Å². The van der Waals surface area contributed by atoms with Crippen LogP contribution in [0.2, 0.25) is 10.0 Å². The highest BCUT2D eigenvalue weighted by Gasteiger charge is 2.16. The van der Waals surface area contributed by atoms with Gasteiger partial charge in [0, 0.05) is 19.2 Å². The number of halogens is 3. The highest BCUT2D eigenvalue weighted by atomic mass is 35.5. The Bertz CT molecular complexity index is 996. The van der Waals surface area contributed by atoms with Gasteiger partial charge in [-0.25, -0.2) is 9.07 Å². The third-order valence-electron chi connectivity index (χ3n) is 3.92. The average Bonchev–Trinajstić information content (AvgIpc) is 3.04. The maximum Gasteiger partial charge on any atom is 0.233 e. The van der Waals surface area contributed by atoms with Gasteiger partial charge in [0.05, 0.1) is 15.8 Å². The van der Waals surface area contributed by atoms with E-state index in [0.717, 1.165) is 5.56 Å². The van der Waals surface area contributed by atoms with Gasteiger partial charge in [0.1, 0.15) is 5.82 Å². The number of carbonyl (C=O) groups is 1. The zero-order valence-corrected chi connectivity index (χ0v) is 17.1. The van der Waals surface area contributed by atoms with Crippen molar-refractivity contribution in [3.8, 4) is 11.4 Å². The Morgan fingerprint density at radius 1 is 1.18 bits per heavy atom. The van der Waals surface area contributed by atoms with Crippen molar-refractivity contribution in [3.05, 3.63) is 63.9 Å². The summed E-state index contributed by atoms with van der Waals surface area (Å²) in [5, 5.41) is 9.32. The van der Waals surface area contributed by atoms with Crippen LogP contribution >= 0.6 is 35.0 Å². The molecule has 10 heteroatoms. The first kappa shape index (κ1) is 20.4. The van der Waals surface area contributed by atoms with Gasteiger partial charge in [-0.05, 0) is 42.0 Å². The Balaban J connectivity index is 1.61. The van der Waals surface area contributed by atoms with Gasteiger partial charge in [0.25, 0.3) is 0 Å². The number of carbonyl (C=O) groups excluding carboxylic acids is 1. The third kappa shape index (κ3) is 4.76. The molecule has 0 fully saturated rings. The Morgan fingerprint density at radius 3 is 2.57 bits per heavy atom. The summed E-state index contributed by atoms with van der Waals surface area (Å²) >= 11 is 13.1. The Hall–Kier alpha value is -2.29. The number of amides is 1. The van der Waals surface area contributed by atoms with Gasteiger partial charge in [0.15, 0.2) is 5.82 Å². The Labute approximate surface area is 175 Å². The first-order valence-electron chi connectivity index (χ1n) is 8.12. The summed E-state index contributed by atoms with van der Waals surface area (Å²) in [7, 11) is 1.70. The van der Waals surface area contributed by atoms with Crippen LogP contribution in [0.4, 0.5) is 4.39 Å². The lowest BCUT2D eigenvalue weighted by Gasteiger charge is -2.17. The van der Waals surface area contributed by atoms with Crippen LogP contribution < -0.4 is 5.84 Å². The highest BCUT2D eigenvalue weighted by molar-refractivity contribution is 7.99. The van der Waals surface area contributed by atoms with E-state index in [-0.39, 0.29) is 17.5 Å². The molecule has 0 atom stereocenters. The van der Waals surface area contributed by atoms with Crippen molar-refractivity contribution in [3.63, 3.8) is 0 Å². The second-order valence-electron chi connectivity index (χ2n) is 5.97. The van der Waals surface area contributed by atoms with Crippen LogP contribution in [-0.4, -0.2) is 38.5 Å². The van der Waals surface area contributed by atoms with Crippen LogP contribution in [-0.2, 0) is 11.3 Å². The van der Waals surface area contributed by atoms with E-state index in [1.165, 1.54) is 28.6 Å². The molecule has 6 nitrogen and oxygen atoms in total. The summed E-state index contributed by atoms with van der Waals surface area (Å²) < 4.78 is 14.3. The summed E-state index contributed by atoms with van der Waals surface area (Å²) in [6.45, 7) is 0.395. The number of nitrogens with zero attached hydrogens (tertiary/aromatic N) is 4. The molecule has 0 aliphatic heterocycles. The van der Waals surface area contributed by atoms with E-state index in [4.69, 9.17) is 29.0 Å². The predicted octanol–water partition coefficient (Wildman–Crippen LogP) is 3.86. The fourth-order valence-electron chi connectivity index (χ4n) is 2.41. The number of thioether (sulfide) groups is 1. The van der Waals surface area contributed by atoms with Crippen LogP contribution in [0.5, 0.6) is 0 Å². The molecule has 1 heterocycles. The second kappa shape index (κ2) is 8.81. The quantitative estimate of drug-likeness (QED) is 0.466. The monoisotopic (exact) mass is 439 g/mol. The van der Waals surface area contributed by atoms with Crippen LogP contribution in [0, 0.1) is 5.82 Å². The number of nitrogen functional groups attached to an aromatic ring is 1. The fourth-order valence-corrected chi connectivity index (χ4v) is 3.53. The second-order valence-corrected chi connectivity index (χ2v) is 7.73. The maximum atomic E-state index is 13.1. The molecule has 0 saturated carbocycles. The molecule has 0 aliphatic rings. The van der Waals surface area contributed by atoms with E-state index >= 15 is 0 Å². The number of hydrogen-bond donors (Lipinski definition) is 1. The van der Waals surface area contributed by atoms with Gasteiger partial charge in [-0.3, -0.25) is 4.79 Å². The standard InChI is InChI=1S/C18H16Cl2FN5OS/c1-25(9-11-2-7-14(19)15(20)8-11)16(27)10-28-18-24-23-17(26(18)22)12-3-5-13(21)6-4-12/h2-8H,9-10,22H2,1H3. The highest BCUT2D eigenvalue weighted by Crippen LogP contribution is 2.24. The number of rotatable bonds is 6. The largest absolute Gasteiger partial charge is 0.341 e. The summed E-state index contributed by atoms with van der Waals surface area (Å²) in [5.41, 5.74) is 1.50. The predicted molar refractivity (Wildman–Crippen MR) is 109 cm³/mol. The van der Waals surface area contributed by atoms with Gasteiger partial charge >= 0.3 is 0 Å². The van der Waals surface area contributed by atoms with Gasteiger partial charge in [0.2, 0.25) is 11.1 Å². The van der Waals surface area contributed by atoms with Crippen molar-refractivity contribution in [1.29, 1.82) is 0 Å². The summed E-state index contributed by atoms with van der Waals surface area (Å²) in [4.78, 5) is 14.0. The molecule has 0 unspecified atom stereocenters.